The molecule has 0 aromatic heterocycles. The van der Waals surface area contributed by atoms with E-state index in [0.29, 0.717) is 26.3 Å². The number of benzene rings is 1. The van der Waals surface area contributed by atoms with Crippen molar-refractivity contribution in [3.63, 3.8) is 0 Å². The van der Waals surface area contributed by atoms with E-state index in [1.165, 1.54) is 0 Å². The summed E-state index contributed by atoms with van der Waals surface area (Å²) in [5.74, 6) is 0.114. The topological polar surface area (TPSA) is 55.6 Å². The summed E-state index contributed by atoms with van der Waals surface area (Å²) in [5.41, 5.74) is 7.31. The molecule has 0 saturated heterocycles. The van der Waals surface area contributed by atoms with Gasteiger partial charge in [-0.05, 0) is 18.1 Å². The summed E-state index contributed by atoms with van der Waals surface area (Å²) >= 11 is 0. The van der Waals surface area contributed by atoms with Crippen molar-refractivity contribution >= 4 is 5.91 Å². The SMILES string of the molecule is NCCOCCN1CCc2ccccc2C1=O. The van der Waals surface area contributed by atoms with Crippen LogP contribution in [0.15, 0.2) is 24.3 Å². The monoisotopic (exact) mass is 234 g/mol. The van der Waals surface area contributed by atoms with Crippen LogP contribution in [0.3, 0.4) is 0 Å². The second-order valence-corrected chi connectivity index (χ2v) is 4.10. The van der Waals surface area contributed by atoms with Crippen molar-refractivity contribution in [3.8, 4) is 0 Å². The molecule has 17 heavy (non-hydrogen) atoms. The number of hydrogen-bond acceptors (Lipinski definition) is 3. The molecular weight excluding hydrogens is 216 g/mol. The van der Waals surface area contributed by atoms with Crippen molar-refractivity contribution in [2.24, 2.45) is 5.73 Å². The average Bonchev–Trinajstić information content (AvgIpc) is 2.37. The molecule has 0 atom stereocenters. The largest absolute Gasteiger partial charge is 0.378 e. The lowest BCUT2D eigenvalue weighted by molar-refractivity contribution is 0.0635. The predicted molar refractivity (Wildman–Crippen MR) is 65.9 cm³/mol. The molecule has 0 radical (unpaired) electrons. The number of nitrogens with two attached hydrogens (primary N) is 1. The lowest BCUT2D eigenvalue weighted by Gasteiger charge is -2.28. The van der Waals surface area contributed by atoms with Gasteiger partial charge in [0.15, 0.2) is 0 Å². The van der Waals surface area contributed by atoms with Gasteiger partial charge in [-0.25, -0.2) is 0 Å². The van der Waals surface area contributed by atoms with Crippen LogP contribution in [0.1, 0.15) is 15.9 Å². The van der Waals surface area contributed by atoms with E-state index in [1.54, 1.807) is 0 Å². The van der Waals surface area contributed by atoms with Crippen LogP contribution in [0.2, 0.25) is 0 Å². The minimum Gasteiger partial charge on any atom is -0.378 e. The van der Waals surface area contributed by atoms with E-state index in [-0.39, 0.29) is 5.91 Å². The molecule has 0 bridgehead atoms. The Morgan fingerprint density at radius 3 is 2.94 bits per heavy atom. The van der Waals surface area contributed by atoms with Gasteiger partial charge in [0, 0.05) is 25.2 Å². The zero-order valence-corrected chi connectivity index (χ0v) is 9.89. The fraction of sp³-hybridized carbons (Fsp3) is 0.462. The molecule has 1 aromatic rings. The summed E-state index contributed by atoms with van der Waals surface area (Å²) in [6, 6.07) is 7.80. The smallest absolute Gasteiger partial charge is 0.254 e. The van der Waals surface area contributed by atoms with Gasteiger partial charge in [-0.3, -0.25) is 4.79 Å². The van der Waals surface area contributed by atoms with E-state index >= 15 is 0 Å². The standard InChI is InChI=1S/C13H18N2O2/c14-6-9-17-10-8-15-7-5-11-3-1-2-4-12(11)13(15)16/h1-4H,5-10,14H2. The fourth-order valence-electron chi connectivity index (χ4n) is 2.05. The van der Waals surface area contributed by atoms with E-state index in [1.807, 2.05) is 29.2 Å². The van der Waals surface area contributed by atoms with E-state index in [9.17, 15) is 4.79 Å². The maximum absolute atomic E-state index is 12.1. The van der Waals surface area contributed by atoms with Gasteiger partial charge < -0.3 is 15.4 Å². The summed E-state index contributed by atoms with van der Waals surface area (Å²) in [6.07, 6.45) is 0.929. The van der Waals surface area contributed by atoms with Crippen molar-refractivity contribution in [2.75, 3.05) is 32.8 Å². The van der Waals surface area contributed by atoms with E-state index in [2.05, 4.69) is 0 Å². The molecule has 0 saturated carbocycles. The molecule has 92 valence electrons. The number of amides is 1. The maximum Gasteiger partial charge on any atom is 0.254 e. The number of nitrogens with zero attached hydrogens (tertiary/aromatic N) is 1. The minimum absolute atomic E-state index is 0.114. The lowest BCUT2D eigenvalue weighted by Crippen LogP contribution is -2.39. The summed E-state index contributed by atoms with van der Waals surface area (Å²) < 4.78 is 5.30. The highest BCUT2D eigenvalue weighted by atomic mass is 16.5. The molecular formula is C13H18N2O2. The molecule has 0 aliphatic carbocycles. The Hall–Kier alpha value is -1.39. The Labute approximate surface area is 101 Å². The van der Waals surface area contributed by atoms with Gasteiger partial charge in [0.25, 0.3) is 5.91 Å². The summed E-state index contributed by atoms with van der Waals surface area (Å²) in [7, 11) is 0. The number of ether oxygens (including phenoxy) is 1. The normalized spacial score (nSPS) is 14.9. The van der Waals surface area contributed by atoms with Crippen molar-refractivity contribution in [3.05, 3.63) is 35.4 Å². The first-order valence-electron chi connectivity index (χ1n) is 5.98. The first-order valence-corrected chi connectivity index (χ1v) is 5.98. The van der Waals surface area contributed by atoms with Gasteiger partial charge in [-0.2, -0.15) is 0 Å². The summed E-state index contributed by atoms with van der Waals surface area (Å²) in [5, 5.41) is 0. The molecule has 0 spiro atoms. The molecule has 2 N–H and O–H groups in total. The minimum atomic E-state index is 0.114. The Morgan fingerprint density at radius 1 is 1.29 bits per heavy atom. The van der Waals surface area contributed by atoms with E-state index in [4.69, 9.17) is 10.5 Å². The first kappa shape index (κ1) is 12.1. The van der Waals surface area contributed by atoms with E-state index < -0.39 is 0 Å². The number of fused-ring (bicyclic) bond motifs is 1. The Morgan fingerprint density at radius 2 is 2.12 bits per heavy atom. The van der Waals surface area contributed by atoms with Gasteiger partial charge in [0.1, 0.15) is 0 Å². The highest BCUT2D eigenvalue weighted by molar-refractivity contribution is 5.96. The molecule has 1 aliphatic rings. The zero-order valence-electron chi connectivity index (χ0n) is 9.89. The van der Waals surface area contributed by atoms with Crippen LogP contribution >= 0.6 is 0 Å². The van der Waals surface area contributed by atoms with Crippen LogP contribution < -0.4 is 5.73 Å². The number of rotatable bonds is 5. The van der Waals surface area contributed by atoms with Gasteiger partial charge >= 0.3 is 0 Å². The van der Waals surface area contributed by atoms with Gasteiger partial charge in [-0.1, -0.05) is 18.2 Å². The second-order valence-electron chi connectivity index (χ2n) is 4.10. The number of carbonyl (C=O) groups is 1. The molecule has 4 nitrogen and oxygen atoms in total. The molecule has 4 heteroatoms. The van der Waals surface area contributed by atoms with Crippen LogP contribution in [0, 0.1) is 0 Å². The highest BCUT2D eigenvalue weighted by Gasteiger charge is 2.22. The van der Waals surface area contributed by atoms with Crippen molar-refractivity contribution in [1.82, 2.24) is 4.90 Å². The quantitative estimate of drug-likeness (QED) is 0.761. The molecule has 0 unspecified atom stereocenters. The zero-order chi connectivity index (χ0) is 12.1. The molecule has 1 aromatic carbocycles. The van der Waals surface area contributed by atoms with Crippen molar-refractivity contribution < 1.29 is 9.53 Å². The Balaban J connectivity index is 1.93. The molecule has 1 heterocycles. The number of carbonyl (C=O) groups excluding carboxylic acids is 1. The van der Waals surface area contributed by atoms with Crippen LogP contribution in [-0.4, -0.2) is 43.7 Å². The van der Waals surface area contributed by atoms with Gasteiger partial charge in [0.05, 0.1) is 13.2 Å². The Kier molecular flexibility index (Phi) is 4.12. The van der Waals surface area contributed by atoms with Crippen molar-refractivity contribution in [1.29, 1.82) is 0 Å². The van der Waals surface area contributed by atoms with Crippen molar-refractivity contribution in [2.45, 2.75) is 6.42 Å². The lowest BCUT2D eigenvalue weighted by atomic mass is 9.99. The predicted octanol–water partition coefficient (Wildman–Crippen LogP) is 0.660. The third kappa shape index (κ3) is 2.84. The first-order chi connectivity index (χ1) is 8.33. The summed E-state index contributed by atoms with van der Waals surface area (Å²) in [6.45, 7) is 3.06. The van der Waals surface area contributed by atoms with Crippen LogP contribution in [0.4, 0.5) is 0 Å². The third-order valence-corrected chi connectivity index (χ3v) is 2.95. The van der Waals surface area contributed by atoms with E-state index in [0.717, 1.165) is 24.1 Å². The molecule has 1 amide bonds. The number of hydrogen-bond donors (Lipinski definition) is 1. The molecule has 2 rings (SSSR count). The fourth-order valence-corrected chi connectivity index (χ4v) is 2.05. The van der Waals surface area contributed by atoms with Crippen LogP contribution in [0.5, 0.6) is 0 Å². The highest BCUT2D eigenvalue weighted by Crippen LogP contribution is 2.18. The Bertz CT molecular complexity index is 393. The molecule has 1 aliphatic heterocycles. The summed E-state index contributed by atoms with van der Waals surface area (Å²) in [4.78, 5) is 14.0. The van der Waals surface area contributed by atoms with Gasteiger partial charge in [0.2, 0.25) is 0 Å². The van der Waals surface area contributed by atoms with Crippen LogP contribution in [-0.2, 0) is 11.2 Å². The maximum atomic E-state index is 12.1. The third-order valence-electron chi connectivity index (χ3n) is 2.95. The van der Waals surface area contributed by atoms with Crippen LogP contribution in [0.25, 0.3) is 0 Å². The van der Waals surface area contributed by atoms with Gasteiger partial charge in [-0.15, -0.1) is 0 Å². The second kappa shape index (κ2) is 5.80. The average molecular weight is 234 g/mol. The molecule has 0 fully saturated rings.